The zero-order valence-corrected chi connectivity index (χ0v) is 14.7. The average Bonchev–Trinajstić information content (AvgIpc) is 3.29. The van der Waals surface area contributed by atoms with Crippen LogP contribution in [0.15, 0.2) is 55.0 Å². The monoisotopic (exact) mass is 405 g/mol. The van der Waals surface area contributed by atoms with Crippen molar-refractivity contribution in [1.29, 1.82) is 0 Å². The SMILES string of the molecule is O=C(Nc1nc2ccc(OC(F)(F)F)cc2s1)c1ccc(-n2cccn2)nc1. The molecule has 0 fully saturated rings. The van der Waals surface area contributed by atoms with Crippen molar-refractivity contribution in [3.05, 3.63) is 60.6 Å². The molecule has 1 aromatic carbocycles. The predicted octanol–water partition coefficient (Wildman–Crippen LogP) is 4.03. The number of rotatable bonds is 4. The van der Waals surface area contributed by atoms with Gasteiger partial charge in [0.15, 0.2) is 10.9 Å². The van der Waals surface area contributed by atoms with Crippen LogP contribution in [0, 0.1) is 0 Å². The lowest BCUT2D eigenvalue weighted by atomic mass is 10.2. The van der Waals surface area contributed by atoms with Crippen molar-refractivity contribution in [3.8, 4) is 11.6 Å². The number of nitrogens with zero attached hydrogens (tertiary/aromatic N) is 4. The zero-order valence-electron chi connectivity index (χ0n) is 13.8. The highest BCUT2D eigenvalue weighted by Gasteiger charge is 2.31. The van der Waals surface area contributed by atoms with Gasteiger partial charge >= 0.3 is 6.36 Å². The summed E-state index contributed by atoms with van der Waals surface area (Å²) in [5, 5.41) is 6.91. The number of amides is 1. The summed E-state index contributed by atoms with van der Waals surface area (Å²) in [5.74, 6) is -0.232. The number of carbonyl (C=O) groups is 1. The van der Waals surface area contributed by atoms with E-state index < -0.39 is 12.3 Å². The van der Waals surface area contributed by atoms with Gasteiger partial charge < -0.3 is 4.74 Å². The van der Waals surface area contributed by atoms with Crippen molar-refractivity contribution in [2.75, 3.05) is 5.32 Å². The first-order valence-electron chi connectivity index (χ1n) is 7.81. The number of alkyl halides is 3. The van der Waals surface area contributed by atoms with Crippen molar-refractivity contribution in [2.45, 2.75) is 6.36 Å². The number of hydrogen-bond acceptors (Lipinski definition) is 6. The van der Waals surface area contributed by atoms with E-state index in [-0.39, 0.29) is 10.9 Å². The Morgan fingerprint density at radius 2 is 2.07 bits per heavy atom. The van der Waals surface area contributed by atoms with Gasteiger partial charge in [-0.2, -0.15) is 5.10 Å². The standard InChI is InChI=1S/C17H10F3N5O2S/c18-17(19,20)27-11-3-4-12-13(8-11)28-16(23-12)24-15(26)10-2-5-14(21-9-10)25-7-1-6-22-25/h1-9H,(H,23,24,26). The lowest BCUT2D eigenvalue weighted by molar-refractivity contribution is -0.274. The number of anilines is 1. The van der Waals surface area contributed by atoms with Gasteiger partial charge in [0, 0.05) is 24.7 Å². The second-order valence-corrected chi connectivity index (χ2v) is 6.54. The number of carbonyl (C=O) groups excluding carboxylic acids is 1. The summed E-state index contributed by atoms with van der Waals surface area (Å²) in [4.78, 5) is 20.7. The first-order chi connectivity index (χ1) is 13.4. The molecule has 28 heavy (non-hydrogen) atoms. The van der Waals surface area contributed by atoms with Gasteiger partial charge in [-0.05, 0) is 30.3 Å². The number of aromatic nitrogens is 4. The lowest BCUT2D eigenvalue weighted by Crippen LogP contribution is -2.16. The molecule has 3 heterocycles. The lowest BCUT2D eigenvalue weighted by Gasteiger charge is -2.07. The third kappa shape index (κ3) is 3.93. The van der Waals surface area contributed by atoms with Crippen LogP contribution in [0.3, 0.4) is 0 Å². The molecule has 0 radical (unpaired) electrons. The van der Waals surface area contributed by atoms with E-state index in [2.05, 4.69) is 25.1 Å². The van der Waals surface area contributed by atoms with E-state index in [0.29, 0.717) is 21.6 Å². The molecule has 11 heteroatoms. The Kier molecular flexibility index (Phi) is 4.43. The van der Waals surface area contributed by atoms with Crippen molar-refractivity contribution in [2.24, 2.45) is 0 Å². The molecule has 0 unspecified atom stereocenters. The minimum absolute atomic E-state index is 0.250. The summed E-state index contributed by atoms with van der Waals surface area (Å²) in [5.41, 5.74) is 0.748. The van der Waals surface area contributed by atoms with E-state index in [1.807, 2.05) is 0 Å². The van der Waals surface area contributed by atoms with Gasteiger partial charge in [-0.25, -0.2) is 14.6 Å². The number of nitrogens with one attached hydrogen (secondary N) is 1. The van der Waals surface area contributed by atoms with E-state index in [1.165, 1.54) is 24.4 Å². The molecule has 0 saturated heterocycles. The van der Waals surface area contributed by atoms with Crippen LogP contribution in [-0.2, 0) is 0 Å². The van der Waals surface area contributed by atoms with Crippen LogP contribution in [0.25, 0.3) is 16.0 Å². The third-order valence-electron chi connectivity index (χ3n) is 3.56. The minimum Gasteiger partial charge on any atom is -0.406 e. The molecule has 4 rings (SSSR count). The molecule has 0 spiro atoms. The molecule has 1 amide bonds. The van der Waals surface area contributed by atoms with Crippen molar-refractivity contribution < 1.29 is 22.7 Å². The van der Waals surface area contributed by atoms with Gasteiger partial charge in [0.05, 0.1) is 15.8 Å². The van der Waals surface area contributed by atoms with Crippen molar-refractivity contribution in [3.63, 3.8) is 0 Å². The van der Waals surface area contributed by atoms with E-state index in [1.54, 1.807) is 35.3 Å². The van der Waals surface area contributed by atoms with Crippen LogP contribution in [0.1, 0.15) is 10.4 Å². The van der Waals surface area contributed by atoms with Gasteiger partial charge in [-0.1, -0.05) is 11.3 Å². The predicted molar refractivity (Wildman–Crippen MR) is 95.6 cm³/mol. The maximum Gasteiger partial charge on any atom is 0.573 e. The molecule has 0 saturated carbocycles. The fourth-order valence-electron chi connectivity index (χ4n) is 2.39. The Labute approximate surface area is 159 Å². The summed E-state index contributed by atoms with van der Waals surface area (Å²) in [6.07, 6.45) is -0.0414. The zero-order chi connectivity index (χ0) is 19.7. The molecule has 1 N–H and O–H groups in total. The first-order valence-corrected chi connectivity index (χ1v) is 8.63. The molecule has 0 aliphatic heterocycles. The summed E-state index contributed by atoms with van der Waals surface area (Å²) in [7, 11) is 0. The largest absolute Gasteiger partial charge is 0.573 e. The molecule has 0 atom stereocenters. The maximum absolute atomic E-state index is 12.4. The second-order valence-electron chi connectivity index (χ2n) is 5.51. The Hall–Kier alpha value is -3.47. The van der Waals surface area contributed by atoms with E-state index in [4.69, 9.17) is 0 Å². The molecule has 3 aromatic heterocycles. The molecule has 0 aliphatic carbocycles. The fraction of sp³-hybridized carbons (Fsp3) is 0.0588. The molecule has 0 bridgehead atoms. The second kappa shape index (κ2) is 6.93. The van der Waals surface area contributed by atoms with Gasteiger partial charge in [-0.15, -0.1) is 13.2 Å². The average molecular weight is 405 g/mol. The van der Waals surface area contributed by atoms with Crippen LogP contribution in [0.4, 0.5) is 18.3 Å². The molecular formula is C17H10F3N5O2S. The Bertz CT molecular complexity index is 1120. The highest BCUT2D eigenvalue weighted by atomic mass is 32.1. The van der Waals surface area contributed by atoms with Crippen LogP contribution in [-0.4, -0.2) is 32.0 Å². The number of pyridine rings is 1. The fourth-order valence-corrected chi connectivity index (χ4v) is 3.27. The van der Waals surface area contributed by atoms with E-state index in [0.717, 1.165) is 11.3 Å². The number of benzene rings is 1. The topological polar surface area (TPSA) is 81.9 Å². The molecule has 142 valence electrons. The molecular weight excluding hydrogens is 395 g/mol. The number of halogens is 3. The number of thiazole rings is 1. The van der Waals surface area contributed by atoms with Gasteiger partial charge in [0.25, 0.3) is 5.91 Å². The van der Waals surface area contributed by atoms with Crippen LogP contribution in [0.2, 0.25) is 0 Å². The van der Waals surface area contributed by atoms with Crippen LogP contribution in [0.5, 0.6) is 5.75 Å². The summed E-state index contributed by atoms with van der Waals surface area (Å²) < 4.78 is 42.9. The van der Waals surface area contributed by atoms with Gasteiger partial charge in [0.1, 0.15) is 5.75 Å². The molecule has 4 aromatic rings. The van der Waals surface area contributed by atoms with E-state index in [9.17, 15) is 18.0 Å². The van der Waals surface area contributed by atoms with Crippen LogP contribution < -0.4 is 10.1 Å². The Morgan fingerprint density at radius 3 is 2.75 bits per heavy atom. The first kappa shape index (κ1) is 17.9. The number of hydrogen-bond donors (Lipinski definition) is 1. The summed E-state index contributed by atoms with van der Waals surface area (Å²) >= 11 is 1.04. The summed E-state index contributed by atoms with van der Waals surface area (Å²) in [6.45, 7) is 0. The minimum atomic E-state index is -4.77. The normalized spacial score (nSPS) is 11.5. The Balaban J connectivity index is 1.50. The smallest absolute Gasteiger partial charge is 0.406 e. The quantitative estimate of drug-likeness (QED) is 0.554. The van der Waals surface area contributed by atoms with Gasteiger partial charge in [0.2, 0.25) is 0 Å². The van der Waals surface area contributed by atoms with Crippen LogP contribution >= 0.6 is 11.3 Å². The third-order valence-corrected chi connectivity index (χ3v) is 4.50. The number of ether oxygens (including phenoxy) is 1. The Morgan fingerprint density at radius 1 is 1.21 bits per heavy atom. The molecule has 0 aliphatic rings. The summed E-state index contributed by atoms with van der Waals surface area (Å²) in [6, 6.07) is 8.75. The highest BCUT2D eigenvalue weighted by molar-refractivity contribution is 7.22. The maximum atomic E-state index is 12.4. The van der Waals surface area contributed by atoms with Crippen molar-refractivity contribution >= 4 is 32.6 Å². The van der Waals surface area contributed by atoms with Gasteiger partial charge in [-0.3, -0.25) is 10.1 Å². The van der Waals surface area contributed by atoms with E-state index >= 15 is 0 Å². The van der Waals surface area contributed by atoms with Crippen molar-refractivity contribution in [1.82, 2.24) is 19.7 Å². The molecule has 7 nitrogen and oxygen atoms in total. The highest BCUT2D eigenvalue weighted by Crippen LogP contribution is 2.31. The number of fused-ring (bicyclic) bond motifs is 1.